The Bertz CT molecular complexity index is 1440. The van der Waals surface area contributed by atoms with Crippen LogP contribution in [0.15, 0.2) is 108 Å². The highest BCUT2D eigenvalue weighted by atomic mass is 128. The maximum atomic E-state index is 10.3. The van der Waals surface area contributed by atoms with Gasteiger partial charge in [0.05, 0.1) is 18.7 Å². The number of nitrogens with zero attached hydrogens (tertiary/aromatic N) is 1. The summed E-state index contributed by atoms with van der Waals surface area (Å²) in [6, 6.07) is 27.3. The highest BCUT2D eigenvalue weighted by Gasteiger charge is 2.09. The number of nitrogens with two attached hydrogens (primary N) is 1. The van der Waals surface area contributed by atoms with Crippen LogP contribution in [0.25, 0.3) is 20.8 Å². The van der Waals surface area contributed by atoms with Crippen LogP contribution in [0.1, 0.15) is 11.7 Å². The summed E-state index contributed by atoms with van der Waals surface area (Å²) in [5.74, 6) is 0. The predicted octanol–water partition coefficient (Wildman–Crippen LogP) is 12.4. The lowest BCUT2D eigenvalue weighted by Crippen LogP contribution is -1.83. The maximum Gasteiger partial charge on any atom is 0.151 e. The molecule has 0 fully saturated rings. The summed E-state index contributed by atoms with van der Waals surface area (Å²) < 4.78 is 20.6. The number of hydrogen-bond donors (Lipinski definition) is 2. The van der Waals surface area contributed by atoms with E-state index in [0.29, 0.717) is 5.56 Å². The topological polar surface area (TPSA) is 56.0 Å². The van der Waals surface area contributed by atoms with Crippen LogP contribution in [-0.4, -0.2) is 18.4 Å². The zero-order valence-corrected chi connectivity index (χ0v) is 32.2. The monoisotopic (exact) mass is 1040 g/mol. The summed E-state index contributed by atoms with van der Waals surface area (Å²) in [6.07, 6.45) is 0.814. The van der Waals surface area contributed by atoms with Crippen LogP contribution in [0.3, 0.4) is 0 Å². The van der Waals surface area contributed by atoms with Crippen molar-refractivity contribution in [3.05, 3.63) is 108 Å². The SMILES string of the molecule is Brc1ccc(Br)c(-c2nc3ccccc3s2)c1.II.Nc1ccccc1S.O=Cc1cc(Br)ccc1Br.[2H]CF. The first kappa shape index (κ1) is 35.1. The van der Waals surface area contributed by atoms with Gasteiger partial charge in [0.15, 0.2) is 6.29 Å². The zero-order valence-electron chi connectivity index (χ0n) is 20.8. The van der Waals surface area contributed by atoms with Crippen molar-refractivity contribution < 1.29 is 10.6 Å². The van der Waals surface area contributed by atoms with Gasteiger partial charge in [0.1, 0.15) is 5.01 Å². The molecule has 5 rings (SSSR count). The molecular weight excluding hydrogens is 1020 g/mol. The highest BCUT2D eigenvalue weighted by molar-refractivity contribution is 15.0. The Kier molecular flexibility index (Phi) is 18.7. The van der Waals surface area contributed by atoms with Gasteiger partial charge in [-0.25, -0.2) is 4.98 Å². The minimum Gasteiger partial charge on any atom is -0.398 e. The molecule has 0 saturated heterocycles. The van der Waals surface area contributed by atoms with Crippen LogP contribution >= 0.6 is 125 Å². The second kappa shape index (κ2) is 20.7. The average Bonchev–Trinajstić information content (AvgIpc) is 3.39. The van der Waals surface area contributed by atoms with Gasteiger partial charge >= 0.3 is 0 Å². The molecular formula is C27H21Br4FI2N2OS2. The van der Waals surface area contributed by atoms with E-state index in [2.05, 4.69) is 131 Å². The molecule has 2 N–H and O–H groups in total. The van der Waals surface area contributed by atoms with Gasteiger partial charge in [0, 0.05) is 76.8 Å². The van der Waals surface area contributed by atoms with E-state index >= 15 is 0 Å². The predicted molar refractivity (Wildman–Crippen MR) is 201 cm³/mol. The quantitative estimate of drug-likeness (QED) is 0.0802. The molecule has 0 radical (unpaired) electrons. The smallest absolute Gasteiger partial charge is 0.151 e. The third-order valence-corrected chi connectivity index (χ3v) is 8.35. The van der Waals surface area contributed by atoms with E-state index in [1.165, 1.54) is 4.70 Å². The molecule has 0 aliphatic heterocycles. The number of aromatic nitrogens is 1. The van der Waals surface area contributed by atoms with E-state index in [-0.39, 0.29) is 0 Å². The maximum absolute atomic E-state index is 10.3. The third kappa shape index (κ3) is 12.7. The molecule has 5 aromatic rings. The number of carbonyl (C=O) groups is 1. The van der Waals surface area contributed by atoms with Crippen molar-refractivity contribution >= 4 is 147 Å². The van der Waals surface area contributed by atoms with E-state index in [4.69, 9.17) is 7.10 Å². The molecule has 0 amide bonds. The molecule has 4 aromatic carbocycles. The number of benzene rings is 4. The van der Waals surface area contributed by atoms with Gasteiger partial charge in [-0.1, -0.05) is 88.0 Å². The molecule has 12 heteroatoms. The Labute approximate surface area is 295 Å². The number of aldehydes is 1. The van der Waals surface area contributed by atoms with Crippen molar-refractivity contribution in [3.63, 3.8) is 0 Å². The standard InChI is InChI=1S/C13H7Br2NS.C7H4Br2O.C6H7NS.CH3F.I2/c14-8-5-6-10(15)9(7-8)13-16-11-3-1-2-4-12(11)17-13;8-6-1-2-7(9)5(3-6)4-10;7-5-3-1-2-4-6(5)8;2*1-2/h1-7H;1-4H;1-4,8H,7H2;1H3;/i;;;1D;. The molecule has 1 heterocycles. The summed E-state index contributed by atoms with van der Waals surface area (Å²) in [4.78, 5) is 15.8. The van der Waals surface area contributed by atoms with Gasteiger partial charge in [0.2, 0.25) is 0 Å². The van der Waals surface area contributed by atoms with Crippen molar-refractivity contribution in [2.75, 3.05) is 12.9 Å². The summed E-state index contributed by atoms with van der Waals surface area (Å²) in [7, 11) is -1.00. The van der Waals surface area contributed by atoms with Crippen molar-refractivity contribution in [1.29, 1.82) is 0 Å². The molecule has 0 atom stereocenters. The first-order valence-electron chi connectivity index (χ1n) is 11.1. The van der Waals surface area contributed by atoms with Crippen LogP contribution in [0.4, 0.5) is 10.1 Å². The van der Waals surface area contributed by atoms with Gasteiger partial charge in [-0.3, -0.25) is 9.18 Å². The number of rotatable bonds is 2. The van der Waals surface area contributed by atoms with Gasteiger partial charge in [0.25, 0.3) is 0 Å². The Morgan fingerprint density at radius 2 is 1.49 bits per heavy atom. The minimum absolute atomic E-state index is 0.661. The normalized spacial score (nSPS) is 9.69. The Hall–Kier alpha value is -0.100. The lowest BCUT2D eigenvalue weighted by molar-refractivity contribution is 0.112. The van der Waals surface area contributed by atoms with Gasteiger partial charge in [-0.05, 0) is 60.7 Å². The van der Waals surface area contributed by atoms with Crippen LogP contribution in [0.2, 0.25) is 0 Å². The fraction of sp³-hybridized carbons (Fsp3) is 0.0370. The molecule has 3 nitrogen and oxygen atoms in total. The number of anilines is 1. The molecule has 206 valence electrons. The number of thiazole rings is 1. The van der Waals surface area contributed by atoms with E-state index in [9.17, 15) is 9.18 Å². The van der Waals surface area contributed by atoms with E-state index in [0.717, 1.165) is 50.8 Å². The Morgan fingerprint density at radius 1 is 0.923 bits per heavy atom. The molecule has 0 saturated carbocycles. The second-order valence-corrected chi connectivity index (χ2v) is 12.0. The first-order valence-corrected chi connectivity index (χ1v) is 21.2. The van der Waals surface area contributed by atoms with Gasteiger partial charge in [-0.15, -0.1) is 24.0 Å². The molecule has 0 aliphatic carbocycles. The highest BCUT2D eigenvalue weighted by Crippen LogP contribution is 2.35. The van der Waals surface area contributed by atoms with E-state index < -0.39 is 7.15 Å². The second-order valence-electron chi connectivity index (χ2n) is 6.95. The summed E-state index contributed by atoms with van der Waals surface area (Å²) >= 11 is 23.6. The average molecular weight is 1050 g/mol. The number of fused-ring (bicyclic) bond motifs is 1. The first-order chi connectivity index (χ1) is 19.2. The number of para-hydroxylation sites is 2. The Morgan fingerprint density at radius 3 is 2.03 bits per heavy atom. The van der Waals surface area contributed by atoms with Gasteiger partial charge in [-0.2, -0.15) is 0 Å². The molecule has 0 bridgehead atoms. The summed E-state index contributed by atoms with van der Waals surface area (Å²) in [5.41, 5.74) is 9.02. The van der Waals surface area contributed by atoms with E-state index in [1.807, 2.05) is 66.7 Å². The number of nitrogen functional groups attached to an aromatic ring is 1. The molecule has 1 aromatic heterocycles. The van der Waals surface area contributed by atoms with Gasteiger partial charge < -0.3 is 5.73 Å². The lowest BCUT2D eigenvalue weighted by atomic mass is 10.2. The number of halogens is 7. The largest absolute Gasteiger partial charge is 0.398 e. The summed E-state index contributed by atoms with van der Waals surface area (Å²) in [5, 5.41) is 1.04. The number of carbonyl (C=O) groups excluding carboxylic acids is 1. The van der Waals surface area contributed by atoms with Crippen LogP contribution in [-0.2, 0) is 0 Å². The molecule has 0 aliphatic rings. The van der Waals surface area contributed by atoms with Crippen LogP contribution < -0.4 is 5.73 Å². The summed E-state index contributed by atoms with van der Waals surface area (Å²) in [6.45, 7) is 0. The zero-order chi connectivity index (χ0) is 30.1. The third-order valence-electron chi connectivity index (χ3n) is 4.47. The fourth-order valence-electron chi connectivity index (χ4n) is 2.74. The van der Waals surface area contributed by atoms with E-state index in [1.54, 1.807) is 17.4 Å². The van der Waals surface area contributed by atoms with Crippen molar-refractivity contribution in [1.82, 2.24) is 4.98 Å². The number of thiol groups is 1. The Balaban J connectivity index is 0.000000298. The van der Waals surface area contributed by atoms with Crippen molar-refractivity contribution in [3.8, 4) is 10.6 Å². The lowest BCUT2D eigenvalue weighted by Gasteiger charge is -2.00. The number of alkyl halides is 1. The van der Waals surface area contributed by atoms with Crippen molar-refractivity contribution in [2.45, 2.75) is 4.90 Å². The fourth-order valence-corrected chi connectivity index (χ4v) is 5.54. The molecule has 0 spiro atoms. The van der Waals surface area contributed by atoms with Crippen molar-refractivity contribution in [2.24, 2.45) is 0 Å². The van der Waals surface area contributed by atoms with Crippen LogP contribution in [0, 0.1) is 0 Å². The molecule has 39 heavy (non-hydrogen) atoms. The molecule has 0 unspecified atom stereocenters. The number of hydrogen-bond acceptors (Lipinski definition) is 5. The minimum atomic E-state index is -1.00. The van der Waals surface area contributed by atoms with Crippen LogP contribution in [0.5, 0.6) is 0 Å².